The fourth-order valence-corrected chi connectivity index (χ4v) is 4.03. The van der Waals surface area contributed by atoms with Gasteiger partial charge in [-0.2, -0.15) is 0 Å². The van der Waals surface area contributed by atoms with Crippen LogP contribution in [-0.2, 0) is 21.1 Å². The number of nitrogens with zero attached hydrogens (tertiary/aromatic N) is 3. The Morgan fingerprint density at radius 1 is 1.22 bits per heavy atom. The van der Waals surface area contributed by atoms with Gasteiger partial charge in [0.05, 0.1) is 16.9 Å². The Kier molecular flexibility index (Phi) is 5.39. The van der Waals surface area contributed by atoms with Crippen molar-refractivity contribution in [3.05, 3.63) is 24.3 Å². The number of amides is 1. The lowest BCUT2D eigenvalue weighted by Crippen LogP contribution is -2.42. The Balaban J connectivity index is 1.85. The summed E-state index contributed by atoms with van der Waals surface area (Å²) in [6.07, 6.45) is 4.91. The third-order valence-corrected chi connectivity index (χ3v) is 7.06. The van der Waals surface area contributed by atoms with Crippen molar-refractivity contribution in [3.8, 4) is 0 Å². The summed E-state index contributed by atoms with van der Waals surface area (Å²) in [7, 11) is -3.11. The minimum Gasteiger partial charge on any atom is -0.342 e. The molecule has 7 heteroatoms. The lowest BCUT2D eigenvalue weighted by molar-refractivity contribution is -0.131. The lowest BCUT2D eigenvalue weighted by Gasteiger charge is -2.33. The zero-order chi connectivity index (χ0) is 17.1. The van der Waals surface area contributed by atoms with E-state index in [1.165, 1.54) is 0 Å². The van der Waals surface area contributed by atoms with Gasteiger partial charge in [0.15, 0.2) is 9.84 Å². The first-order chi connectivity index (χ1) is 10.7. The molecule has 0 unspecified atom stereocenters. The minimum atomic E-state index is -3.11. The summed E-state index contributed by atoms with van der Waals surface area (Å²) in [4.78, 5) is 22.2. The molecule has 0 aliphatic carbocycles. The normalized spacial score (nSPS) is 17.3. The third kappa shape index (κ3) is 4.73. The Labute approximate surface area is 138 Å². The van der Waals surface area contributed by atoms with Crippen LogP contribution in [0.3, 0.4) is 0 Å². The number of rotatable bonds is 4. The van der Waals surface area contributed by atoms with Crippen LogP contribution < -0.4 is 0 Å². The summed E-state index contributed by atoms with van der Waals surface area (Å²) in [5, 5.41) is 0. The van der Waals surface area contributed by atoms with Crippen molar-refractivity contribution in [3.63, 3.8) is 0 Å². The number of aromatic nitrogens is 2. The van der Waals surface area contributed by atoms with Crippen LogP contribution >= 0.6 is 0 Å². The molecule has 1 aliphatic rings. The van der Waals surface area contributed by atoms with Crippen LogP contribution in [0.4, 0.5) is 0 Å². The largest absolute Gasteiger partial charge is 0.342 e. The molecule has 1 saturated heterocycles. The maximum Gasteiger partial charge on any atom is 0.230 e. The first kappa shape index (κ1) is 17.8. The van der Waals surface area contributed by atoms with Crippen molar-refractivity contribution in [2.24, 2.45) is 5.92 Å². The summed E-state index contributed by atoms with van der Waals surface area (Å²) in [6, 6.07) is 1.72. The van der Waals surface area contributed by atoms with E-state index in [1.807, 2.05) is 0 Å². The predicted octanol–water partition coefficient (Wildman–Crippen LogP) is 1.47. The van der Waals surface area contributed by atoms with Gasteiger partial charge in [0, 0.05) is 25.5 Å². The second kappa shape index (κ2) is 6.95. The van der Waals surface area contributed by atoms with Gasteiger partial charge in [0.25, 0.3) is 0 Å². The molecule has 0 atom stereocenters. The molecule has 0 aromatic carbocycles. The van der Waals surface area contributed by atoms with Gasteiger partial charge in [0.1, 0.15) is 5.82 Å². The average Bonchev–Trinajstić information content (AvgIpc) is 2.47. The fraction of sp³-hybridized carbons (Fsp3) is 0.688. The van der Waals surface area contributed by atoms with Gasteiger partial charge in [-0.1, -0.05) is 0 Å². The lowest BCUT2D eigenvalue weighted by atomic mass is 9.99. The molecule has 0 bridgehead atoms. The molecule has 23 heavy (non-hydrogen) atoms. The van der Waals surface area contributed by atoms with Crippen LogP contribution in [0, 0.1) is 5.92 Å². The second-order valence-corrected chi connectivity index (χ2v) is 9.85. The number of carbonyl (C=O) groups excluding carboxylic acids is 1. The van der Waals surface area contributed by atoms with Gasteiger partial charge in [0.2, 0.25) is 5.91 Å². The van der Waals surface area contributed by atoms with Gasteiger partial charge in [-0.25, -0.2) is 18.4 Å². The molecular formula is C16H25N3O3S. The highest BCUT2D eigenvalue weighted by atomic mass is 32.2. The quantitative estimate of drug-likeness (QED) is 0.830. The van der Waals surface area contributed by atoms with Gasteiger partial charge in [-0.3, -0.25) is 4.79 Å². The molecule has 2 heterocycles. The van der Waals surface area contributed by atoms with Crippen LogP contribution in [0.1, 0.15) is 39.4 Å². The Morgan fingerprint density at radius 3 is 2.30 bits per heavy atom. The molecule has 0 N–H and O–H groups in total. The predicted molar refractivity (Wildman–Crippen MR) is 88.6 cm³/mol. The monoisotopic (exact) mass is 339 g/mol. The van der Waals surface area contributed by atoms with Crippen molar-refractivity contribution in [2.45, 2.75) is 44.8 Å². The molecule has 1 amide bonds. The molecule has 1 aromatic rings. The van der Waals surface area contributed by atoms with Crippen LogP contribution in [0.5, 0.6) is 0 Å². The molecule has 1 fully saturated rings. The van der Waals surface area contributed by atoms with Gasteiger partial charge < -0.3 is 4.90 Å². The van der Waals surface area contributed by atoms with E-state index >= 15 is 0 Å². The zero-order valence-corrected chi connectivity index (χ0v) is 14.8. The highest BCUT2D eigenvalue weighted by molar-refractivity contribution is 7.92. The van der Waals surface area contributed by atoms with Crippen LogP contribution in [0.15, 0.2) is 18.5 Å². The van der Waals surface area contributed by atoms with E-state index in [9.17, 15) is 13.2 Å². The maximum absolute atomic E-state index is 12.3. The minimum absolute atomic E-state index is 0.00771. The van der Waals surface area contributed by atoms with Crippen LogP contribution in [0.2, 0.25) is 0 Å². The summed E-state index contributed by atoms with van der Waals surface area (Å²) < 4.78 is 23.8. The zero-order valence-electron chi connectivity index (χ0n) is 14.0. The standard InChI is InChI=1S/C16H25N3O3S/c1-16(2,3)23(21,22)12-13-5-9-19(10-6-13)15(20)11-14-17-7-4-8-18-14/h4,7-8,13H,5-6,9-12H2,1-3H3. The fourth-order valence-electron chi connectivity index (χ4n) is 2.58. The Hall–Kier alpha value is -1.50. The molecule has 2 rings (SSSR count). The van der Waals surface area contributed by atoms with Crippen molar-refractivity contribution < 1.29 is 13.2 Å². The summed E-state index contributed by atoms with van der Waals surface area (Å²) in [6.45, 7) is 6.43. The SMILES string of the molecule is CC(C)(C)S(=O)(=O)CC1CCN(C(=O)Cc2ncccn2)CC1. The second-order valence-electron chi connectivity index (χ2n) is 7.06. The van der Waals surface area contributed by atoms with E-state index in [-0.39, 0.29) is 24.0 Å². The van der Waals surface area contributed by atoms with E-state index in [1.54, 1.807) is 44.1 Å². The van der Waals surface area contributed by atoms with Crippen LogP contribution in [-0.4, -0.2) is 52.8 Å². The van der Waals surface area contributed by atoms with Gasteiger partial charge >= 0.3 is 0 Å². The number of hydrogen-bond acceptors (Lipinski definition) is 5. The molecule has 128 valence electrons. The maximum atomic E-state index is 12.3. The number of sulfone groups is 1. The Morgan fingerprint density at radius 2 is 1.78 bits per heavy atom. The topological polar surface area (TPSA) is 80.2 Å². The van der Waals surface area contributed by atoms with Gasteiger partial charge in [-0.15, -0.1) is 0 Å². The van der Waals surface area contributed by atoms with Crippen LogP contribution in [0.25, 0.3) is 0 Å². The van der Waals surface area contributed by atoms with Crippen molar-refractivity contribution >= 4 is 15.7 Å². The molecule has 0 radical (unpaired) electrons. The summed E-state index contributed by atoms with van der Waals surface area (Å²) in [5.74, 6) is 0.875. The average molecular weight is 339 g/mol. The molecular weight excluding hydrogens is 314 g/mol. The smallest absolute Gasteiger partial charge is 0.230 e. The number of hydrogen-bond donors (Lipinski definition) is 0. The molecule has 0 spiro atoms. The molecule has 1 aliphatic heterocycles. The third-order valence-electron chi connectivity index (χ3n) is 4.28. The van der Waals surface area contributed by atoms with Crippen molar-refractivity contribution in [1.82, 2.24) is 14.9 Å². The first-order valence-electron chi connectivity index (χ1n) is 7.95. The van der Waals surface area contributed by atoms with E-state index in [0.717, 1.165) is 12.8 Å². The van der Waals surface area contributed by atoms with E-state index < -0.39 is 14.6 Å². The van der Waals surface area contributed by atoms with E-state index in [2.05, 4.69) is 9.97 Å². The summed E-state index contributed by atoms with van der Waals surface area (Å²) >= 11 is 0. The number of likely N-dealkylation sites (tertiary alicyclic amines) is 1. The first-order valence-corrected chi connectivity index (χ1v) is 9.60. The van der Waals surface area contributed by atoms with Gasteiger partial charge in [-0.05, 0) is 45.6 Å². The molecule has 0 saturated carbocycles. The Bertz CT molecular complexity index is 630. The number of piperidine rings is 1. The van der Waals surface area contributed by atoms with E-state index in [0.29, 0.717) is 18.9 Å². The van der Waals surface area contributed by atoms with Crippen molar-refractivity contribution in [1.29, 1.82) is 0 Å². The van der Waals surface area contributed by atoms with Crippen molar-refractivity contribution in [2.75, 3.05) is 18.8 Å². The highest BCUT2D eigenvalue weighted by Gasteiger charge is 2.33. The highest BCUT2D eigenvalue weighted by Crippen LogP contribution is 2.25. The molecule has 1 aromatic heterocycles. The van der Waals surface area contributed by atoms with E-state index in [4.69, 9.17) is 0 Å². The number of carbonyl (C=O) groups is 1. The summed E-state index contributed by atoms with van der Waals surface area (Å²) in [5.41, 5.74) is 0. The molecule has 6 nitrogen and oxygen atoms in total.